The first kappa shape index (κ1) is 18.6. The molecule has 4 saturated carbocycles. The van der Waals surface area contributed by atoms with Crippen LogP contribution in [0.5, 0.6) is 0 Å². The summed E-state index contributed by atoms with van der Waals surface area (Å²) < 4.78 is 0. The largest absolute Gasteiger partial charge is 0.390 e. The number of thiophene rings is 1. The van der Waals surface area contributed by atoms with Crippen molar-refractivity contribution in [2.24, 2.45) is 11.8 Å². The Balaban J connectivity index is 1.23. The molecule has 0 unspecified atom stereocenters. The molecule has 0 radical (unpaired) electrons. The number of carbonyl (C=O) groups excluding carboxylic acids is 2. The Bertz CT molecular complexity index is 763. The summed E-state index contributed by atoms with van der Waals surface area (Å²) in [7, 11) is 0. The lowest BCUT2D eigenvalue weighted by Gasteiger charge is -2.60. The van der Waals surface area contributed by atoms with Gasteiger partial charge in [0.2, 0.25) is 11.8 Å². The van der Waals surface area contributed by atoms with Crippen molar-refractivity contribution in [2.75, 3.05) is 0 Å². The number of amides is 2. The van der Waals surface area contributed by atoms with Gasteiger partial charge in [-0.3, -0.25) is 9.59 Å². The maximum atomic E-state index is 12.9. The van der Waals surface area contributed by atoms with Crippen LogP contribution in [0.3, 0.4) is 0 Å². The van der Waals surface area contributed by atoms with Gasteiger partial charge in [-0.1, -0.05) is 6.07 Å². The van der Waals surface area contributed by atoms with Gasteiger partial charge in [-0.15, -0.1) is 11.3 Å². The van der Waals surface area contributed by atoms with Gasteiger partial charge in [0.15, 0.2) is 0 Å². The summed E-state index contributed by atoms with van der Waals surface area (Å²) in [4.78, 5) is 26.1. The van der Waals surface area contributed by atoms with Crippen molar-refractivity contribution in [1.29, 1.82) is 0 Å². The lowest BCUT2D eigenvalue weighted by molar-refractivity contribution is -0.151. The molecular formula is C22H30N2O3S. The Hall–Kier alpha value is -1.40. The second kappa shape index (κ2) is 6.56. The minimum Gasteiger partial charge on any atom is -0.390 e. The average molecular weight is 403 g/mol. The monoisotopic (exact) mass is 402 g/mol. The highest BCUT2D eigenvalue weighted by atomic mass is 32.1. The van der Waals surface area contributed by atoms with Gasteiger partial charge in [-0.05, 0) is 74.6 Å². The van der Waals surface area contributed by atoms with Gasteiger partial charge in [0, 0.05) is 35.2 Å². The smallest absolute Gasteiger partial charge is 0.220 e. The van der Waals surface area contributed by atoms with Crippen LogP contribution in [0.1, 0.15) is 69.1 Å². The molecule has 4 bridgehead atoms. The van der Waals surface area contributed by atoms with Crippen molar-refractivity contribution >= 4 is 23.2 Å². The van der Waals surface area contributed by atoms with Gasteiger partial charge >= 0.3 is 0 Å². The maximum Gasteiger partial charge on any atom is 0.220 e. The van der Waals surface area contributed by atoms with Crippen molar-refractivity contribution in [2.45, 2.75) is 87.3 Å². The van der Waals surface area contributed by atoms with Gasteiger partial charge in [-0.25, -0.2) is 0 Å². The molecule has 1 aromatic rings. The van der Waals surface area contributed by atoms with E-state index in [1.54, 1.807) is 11.3 Å². The maximum absolute atomic E-state index is 12.9. The van der Waals surface area contributed by atoms with E-state index in [4.69, 9.17) is 0 Å². The molecule has 4 aliphatic carbocycles. The summed E-state index contributed by atoms with van der Waals surface area (Å²) in [6.45, 7) is 0. The van der Waals surface area contributed by atoms with Crippen molar-refractivity contribution in [3.8, 4) is 0 Å². The molecular weight excluding hydrogens is 372 g/mol. The van der Waals surface area contributed by atoms with Gasteiger partial charge in [-0.2, -0.15) is 0 Å². The highest BCUT2D eigenvalue weighted by molar-refractivity contribution is 7.09. The van der Waals surface area contributed by atoms with E-state index in [0.29, 0.717) is 31.1 Å². The van der Waals surface area contributed by atoms with Gasteiger partial charge in [0.25, 0.3) is 0 Å². The van der Waals surface area contributed by atoms with Crippen LogP contribution in [0.25, 0.3) is 0 Å². The third-order valence-electron chi connectivity index (χ3n) is 7.59. The predicted molar refractivity (Wildman–Crippen MR) is 108 cm³/mol. The molecule has 5 aliphatic rings. The van der Waals surface area contributed by atoms with Crippen LogP contribution < -0.4 is 10.6 Å². The first-order chi connectivity index (χ1) is 13.4. The topological polar surface area (TPSA) is 78.4 Å². The van der Waals surface area contributed by atoms with Crippen LogP contribution in [0.4, 0.5) is 0 Å². The molecule has 3 N–H and O–H groups in total. The number of aliphatic hydroxyl groups is 1. The van der Waals surface area contributed by atoms with E-state index in [1.807, 2.05) is 6.07 Å². The van der Waals surface area contributed by atoms with Crippen LogP contribution in [-0.4, -0.2) is 33.6 Å². The highest BCUT2D eigenvalue weighted by Gasteiger charge is 2.57. The molecule has 1 aromatic heterocycles. The zero-order chi connectivity index (χ0) is 19.4. The Morgan fingerprint density at radius 3 is 2.68 bits per heavy atom. The van der Waals surface area contributed by atoms with Gasteiger partial charge in [0.1, 0.15) is 0 Å². The quantitative estimate of drug-likeness (QED) is 0.685. The Morgan fingerprint density at radius 2 is 2.07 bits per heavy atom. The van der Waals surface area contributed by atoms with Crippen LogP contribution in [0.2, 0.25) is 0 Å². The lowest BCUT2D eigenvalue weighted by atomic mass is 9.51. The minimum atomic E-state index is -0.558. The Kier molecular flexibility index (Phi) is 4.36. The van der Waals surface area contributed by atoms with Gasteiger partial charge in [0.05, 0.1) is 5.60 Å². The Labute approximate surface area is 170 Å². The van der Waals surface area contributed by atoms with E-state index in [1.165, 1.54) is 11.3 Å². The molecule has 2 heterocycles. The zero-order valence-corrected chi connectivity index (χ0v) is 17.2. The molecule has 3 atom stereocenters. The molecule has 28 heavy (non-hydrogen) atoms. The van der Waals surface area contributed by atoms with Crippen molar-refractivity contribution in [3.05, 3.63) is 22.4 Å². The molecule has 1 aliphatic heterocycles. The fourth-order valence-electron chi connectivity index (χ4n) is 7.00. The van der Waals surface area contributed by atoms with E-state index in [0.717, 1.165) is 44.9 Å². The van der Waals surface area contributed by atoms with E-state index < -0.39 is 5.60 Å². The third-order valence-corrected chi connectivity index (χ3v) is 8.47. The van der Waals surface area contributed by atoms with E-state index >= 15 is 0 Å². The third kappa shape index (κ3) is 3.50. The summed E-state index contributed by atoms with van der Waals surface area (Å²) in [5.74, 6) is 1.30. The number of hydrogen-bond acceptors (Lipinski definition) is 4. The first-order valence-corrected chi connectivity index (χ1v) is 11.6. The first-order valence-electron chi connectivity index (χ1n) is 10.7. The number of hydrogen-bond donors (Lipinski definition) is 3. The highest BCUT2D eigenvalue weighted by Crippen LogP contribution is 2.57. The predicted octanol–water partition coefficient (Wildman–Crippen LogP) is 2.92. The van der Waals surface area contributed by atoms with E-state index in [2.05, 4.69) is 22.1 Å². The fraction of sp³-hybridized carbons (Fsp3) is 0.727. The van der Waals surface area contributed by atoms with Gasteiger partial charge < -0.3 is 15.7 Å². The molecule has 5 nitrogen and oxygen atoms in total. The van der Waals surface area contributed by atoms with E-state index in [9.17, 15) is 14.7 Å². The fourth-order valence-corrected chi connectivity index (χ4v) is 7.85. The molecule has 6 rings (SSSR count). The summed E-state index contributed by atoms with van der Waals surface area (Å²) in [5, 5.41) is 19.5. The summed E-state index contributed by atoms with van der Waals surface area (Å²) in [6, 6.07) is 4.14. The van der Waals surface area contributed by atoms with Crippen LogP contribution >= 0.6 is 11.3 Å². The molecule has 6 heteroatoms. The second-order valence-corrected chi connectivity index (χ2v) is 11.1. The van der Waals surface area contributed by atoms with Crippen molar-refractivity contribution < 1.29 is 14.7 Å². The van der Waals surface area contributed by atoms with Crippen molar-refractivity contribution in [3.63, 3.8) is 0 Å². The Morgan fingerprint density at radius 1 is 1.29 bits per heavy atom. The lowest BCUT2D eigenvalue weighted by Crippen LogP contribution is -2.65. The molecule has 2 amide bonds. The van der Waals surface area contributed by atoms with Crippen LogP contribution in [-0.2, 0) is 16.0 Å². The summed E-state index contributed by atoms with van der Waals surface area (Å²) >= 11 is 1.71. The minimum absolute atomic E-state index is 0.0808. The summed E-state index contributed by atoms with van der Waals surface area (Å²) in [6.07, 6.45) is 9.07. The molecule has 5 fully saturated rings. The number of rotatable bonds is 6. The molecule has 1 saturated heterocycles. The number of carbonyl (C=O) groups is 2. The second-order valence-electron chi connectivity index (χ2n) is 10.1. The average Bonchev–Trinajstić information content (AvgIpc) is 3.21. The van der Waals surface area contributed by atoms with Crippen LogP contribution in [0, 0.1) is 11.8 Å². The van der Waals surface area contributed by atoms with Crippen molar-refractivity contribution in [1.82, 2.24) is 10.6 Å². The number of nitrogens with one attached hydrogen (secondary N) is 2. The molecule has 0 spiro atoms. The summed E-state index contributed by atoms with van der Waals surface area (Å²) in [5.41, 5.74) is -1.05. The van der Waals surface area contributed by atoms with E-state index in [-0.39, 0.29) is 22.9 Å². The molecule has 152 valence electrons. The standard InChI is InChI=1S/C22H30N2O3S/c25-18-3-5-20(23-18,13-17-2-1-7-28-17)6-4-19(26)24-21-9-15-8-16(10-21)12-22(27,11-15)14-21/h1-2,7,15-16,27H,3-6,8-14H2,(H,23,25)(H,24,26)/t15-,16-,20-,21?,22?/m1/s1. The molecule has 0 aromatic carbocycles. The zero-order valence-electron chi connectivity index (χ0n) is 16.3. The normalized spacial score (nSPS) is 41.2. The SMILES string of the molecule is O=C(CC[C@@]1(Cc2cccs2)CCC(=O)N1)NC12C[C@H]3C[C@@H](CC(O)(C3)C1)C2. The van der Waals surface area contributed by atoms with Crippen LogP contribution in [0.15, 0.2) is 17.5 Å².